The summed E-state index contributed by atoms with van der Waals surface area (Å²) >= 11 is 0. The van der Waals surface area contributed by atoms with E-state index in [2.05, 4.69) is 80.5 Å². The van der Waals surface area contributed by atoms with Crippen LogP contribution in [0, 0.1) is 0 Å². The highest BCUT2D eigenvalue weighted by Gasteiger charge is 2.15. The summed E-state index contributed by atoms with van der Waals surface area (Å²) in [6.45, 7) is 3.49. The lowest BCUT2D eigenvalue weighted by Gasteiger charge is -2.24. The number of fused-ring (bicyclic) bond motifs is 5. The SMILES string of the molecule is CN(C)CCCN(CCCN(C)C)C(=O)CCCCC(=O)Oc1ccc2c(ccc3c4c(ccc32)C=CC4)c1. The fourth-order valence-corrected chi connectivity index (χ4v) is 5.36. The quantitative estimate of drug-likeness (QED) is 0.115. The monoisotopic (exact) mass is 529 g/mol. The Morgan fingerprint density at radius 2 is 1.41 bits per heavy atom. The normalized spacial score (nSPS) is 12.6. The summed E-state index contributed by atoms with van der Waals surface area (Å²) in [4.78, 5) is 31.7. The van der Waals surface area contributed by atoms with Crippen LogP contribution in [0.25, 0.3) is 27.6 Å². The Balaban J connectivity index is 1.26. The first-order chi connectivity index (χ1) is 18.8. The second-order valence-corrected chi connectivity index (χ2v) is 11.2. The molecule has 0 atom stereocenters. The second kappa shape index (κ2) is 13.7. The summed E-state index contributed by atoms with van der Waals surface area (Å²) < 4.78 is 5.66. The second-order valence-electron chi connectivity index (χ2n) is 11.2. The molecule has 0 unspecified atom stereocenters. The largest absolute Gasteiger partial charge is 0.427 e. The number of hydrogen-bond donors (Lipinski definition) is 0. The lowest BCUT2D eigenvalue weighted by Crippen LogP contribution is -2.35. The predicted octanol–water partition coefficient (Wildman–Crippen LogP) is 5.76. The molecule has 0 saturated carbocycles. The highest BCUT2D eigenvalue weighted by atomic mass is 16.5. The molecule has 3 aromatic carbocycles. The van der Waals surface area contributed by atoms with E-state index in [4.69, 9.17) is 4.74 Å². The van der Waals surface area contributed by atoms with E-state index in [-0.39, 0.29) is 11.9 Å². The topological polar surface area (TPSA) is 53.1 Å². The van der Waals surface area contributed by atoms with Crippen LogP contribution in [-0.2, 0) is 16.0 Å². The van der Waals surface area contributed by atoms with Gasteiger partial charge in [0, 0.05) is 25.9 Å². The van der Waals surface area contributed by atoms with Crippen LogP contribution < -0.4 is 4.74 Å². The van der Waals surface area contributed by atoms with Gasteiger partial charge in [0.25, 0.3) is 0 Å². The summed E-state index contributed by atoms with van der Waals surface area (Å²) in [5, 5.41) is 4.75. The molecule has 0 aliphatic heterocycles. The third-order valence-electron chi connectivity index (χ3n) is 7.43. The Morgan fingerprint density at radius 3 is 2.13 bits per heavy atom. The fraction of sp³-hybridized carbons (Fsp3) is 0.455. The molecular formula is C33H43N3O3. The molecule has 0 aromatic heterocycles. The van der Waals surface area contributed by atoms with Crippen molar-refractivity contribution in [2.75, 3.05) is 54.4 Å². The number of nitrogens with zero attached hydrogens (tertiary/aromatic N) is 3. The molecule has 0 saturated heterocycles. The number of carbonyl (C=O) groups is 2. The van der Waals surface area contributed by atoms with Gasteiger partial charge in [0.2, 0.25) is 5.91 Å². The summed E-state index contributed by atoms with van der Waals surface area (Å²) in [6, 6.07) is 14.5. The molecule has 1 aliphatic carbocycles. The number of amides is 1. The minimum absolute atomic E-state index is 0.184. The van der Waals surface area contributed by atoms with Gasteiger partial charge in [-0.1, -0.05) is 42.5 Å². The Labute approximate surface area is 233 Å². The van der Waals surface area contributed by atoms with Crippen LogP contribution in [0.4, 0.5) is 0 Å². The van der Waals surface area contributed by atoms with E-state index in [1.807, 2.05) is 17.0 Å². The van der Waals surface area contributed by atoms with Crippen molar-refractivity contribution in [2.45, 2.75) is 44.9 Å². The van der Waals surface area contributed by atoms with Gasteiger partial charge in [-0.3, -0.25) is 9.59 Å². The average Bonchev–Trinajstić information content (AvgIpc) is 3.39. The predicted molar refractivity (Wildman–Crippen MR) is 161 cm³/mol. The van der Waals surface area contributed by atoms with E-state index >= 15 is 0 Å². The molecule has 0 radical (unpaired) electrons. The van der Waals surface area contributed by atoms with Crippen LogP contribution in [0.3, 0.4) is 0 Å². The van der Waals surface area contributed by atoms with E-state index < -0.39 is 0 Å². The fourth-order valence-electron chi connectivity index (χ4n) is 5.36. The number of ether oxygens (including phenoxy) is 1. The molecule has 39 heavy (non-hydrogen) atoms. The van der Waals surface area contributed by atoms with Crippen LogP contribution in [-0.4, -0.2) is 80.9 Å². The van der Waals surface area contributed by atoms with Gasteiger partial charge >= 0.3 is 5.97 Å². The molecule has 0 bridgehead atoms. The highest BCUT2D eigenvalue weighted by Crippen LogP contribution is 2.34. The number of hydrogen-bond acceptors (Lipinski definition) is 5. The zero-order chi connectivity index (χ0) is 27.8. The molecule has 0 N–H and O–H groups in total. The van der Waals surface area contributed by atoms with Crippen molar-refractivity contribution < 1.29 is 14.3 Å². The Bertz CT molecular complexity index is 1310. The van der Waals surface area contributed by atoms with Crippen LogP contribution >= 0.6 is 0 Å². The van der Waals surface area contributed by atoms with E-state index in [1.54, 1.807) is 0 Å². The van der Waals surface area contributed by atoms with E-state index in [0.29, 0.717) is 31.4 Å². The van der Waals surface area contributed by atoms with Gasteiger partial charge in [-0.15, -0.1) is 0 Å². The van der Waals surface area contributed by atoms with Crippen molar-refractivity contribution in [1.82, 2.24) is 14.7 Å². The van der Waals surface area contributed by atoms with Crippen molar-refractivity contribution in [3.05, 3.63) is 59.7 Å². The first kappa shape index (κ1) is 28.8. The van der Waals surface area contributed by atoms with Gasteiger partial charge in [-0.25, -0.2) is 0 Å². The third kappa shape index (κ3) is 7.90. The number of unbranched alkanes of at least 4 members (excludes halogenated alkanes) is 1. The number of carbonyl (C=O) groups excluding carboxylic acids is 2. The van der Waals surface area contributed by atoms with Crippen LogP contribution in [0.15, 0.2) is 48.5 Å². The van der Waals surface area contributed by atoms with Gasteiger partial charge in [-0.05, 0) is 118 Å². The van der Waals surface area contributed by atoms with Crippen molar-refractivity contribution in [1.29, 1.82) is 0 Å². The van der Waals surface area contributed by atoms with Gasteiger partial charge in [0.1, 0.15) is 5.75 Å². The van der Waals surface area contributed by atoms with Gasteiger partial charge in [0.15, 0.2) is 0 Å². The minimum Gasteiger partial charge on any atom is -0.427 e. The standard InChI is InChI=1S/C33H43N3O3/c1-34(2)20-8-22-36(23-9-21-35(3)4)32(37)12-5-6-13-33(38)39-27-16-19-29-26(24-27)15-18-30-28-11-7-10-25(28)14-17-31(29)30/h7,10,14-19,24H,5-6,8-9,11-13,20-23H2,1-4H3. The zero-order valence-corrected chi connectivity index (χ0v) is 24.0. The molecular weight excluding hydrogens is 486 g/mol. The van der Waals surface area contributed by atoms with Gasteiger partial charge < -0.3 is 19.4 Å². The maximum Gasteiger partial charge on any atom is 0.311 e. The molecule has 4 rings (SSSR count). The van der Waals surface area contributed by atoms with Crippen molar-refractivity contribution in [3.63, 3.8) is 0 Å². The lowest BCUT2D eigenvalue weighted by atomic mass is 9.96. The first-order valence-corrected chi connectivity index (χ1v) is 14.2. The molecule has 1 aliphatic rings. The van der Waals surface area contributed by atoms with Crippen LogP contribution in [0.5, 0.6) is 5.75 Å². The molecule has 1 amide bonds. The molecule has 0 spiro atoms. The summed E-state index contributed by atoms with van der Waals surface area (Å²) in [7, 11) is 8.22. The molecule has 6 nitrogen and oxygen atoms in total. The maximum atomic E-state index is 12.9. The van der Waals surface area contributed by atoms with Gasteiger partial charge in [0.05, 0.1) is 0 Å². The summed E-state index contributed by atoms with van der Waals surface area (Å²) in [6.07, 6.45) is 9.42. The summed E-state index contributed by atoms with van der Waals surface area (Å²) in [5.41, 5.74) is 2.68. The average molecular weight is 530 g/mol. The minimum atomic E-state index is -0.250. The van der Waals surface area contributed by atoms with E-state index in [9.17, 15) is 9.59 Å². The van der Waals surface area contributed by atoms with E-state index in [0.717, 1.165) is 50.8 Å². The molecule has 208 valence electrons. The zero-order valence-electron chi connectivity index (χ0n) is 24.0. The highest BCUT2D eigenvalue weighted by molar-refractivity contribution is 6.10. The Hall–Kier alpha value is -3.22. The molecule has 3 aromatic rings. The van der Waals surface area contributed by atoms with Crippen molar-refractivity contribution >= 4 is 39.5 Å². The number of benzene rings is 3. The molecule has 0 heterocycles. The van der Waals surface area contributed by atoms with E-state index in [1.165, 1.54) is 27.3 Å². The van der Waals surface area contributed by atoms with Crippen LogP contribution in [0.1, 0.15) is 49.7 Å². The Morgan fingerprint density at radius 1 is 0.744 bits per heavy atom. The number of allylic oxidation sites excluding steroid dienone is 1. The van der Waals surface area contributed by atoms with Gasteiger partial charge in [-0.2, -0.15) is 0 Å². The van der Waals surface area contributed by atoms with Crippen LogP contribution in [0.2, 0.25) is 0 Å². The molecule has 6 heteroatoms. The Kier molecular flexibility index (Phi) is 10.1. The maximum absolute atomic E-state index is 12.9. The lowest BCUT2D eigenvalue weighted by molar-refractivity contribution is -0.135. The molecule has 0 fully saturated rings. The number of rotatable bonds is 14. The summed E-state index contributed by atoms with van der Waals surface area (Å²) in [5.74, 6) is 0.503. The first-order valence-electron chi connectivity index (χ1n) is 14.2. The van der Waals surface area contributed by atoms with Crippen molar-refractivity contribution in [2.24, 2.45) is 0 Å². The van der Waals surface area contributed by atoms with Crippen molar-refractivity contribution in [3.8, 4) is 5.75 Å². The third-order valence-corrected chi connectivity index (χ3v) is 7.43. The smallest absolute Gasteiger partial charge is 0.311 e. The number of esters is 1.